The number of methoxy groups -OCH3 is 1. The average molecular weight is 623 g/mol. The van der Waals surface area contributed by atoms with Crippen molar-refractivity contribution in [2.24, 2.45) is 0 Å². The number of aromatic nitrogens is 6. The smallest absolute Gasteiger partial charge is 0.310 e. The number of aromatic amines is 1. The number of hydrogen-bond donors (Lipinski definition) is 3. The third kappa shape index (κ3) is 7.66. The highest BCUT2D eigenvalue weighted by molar-refractivity contribution is 6.31. The van der Waals surface area contributed by atoms with Gasteiger partial charge >= 0.3 is 5.97 Å². The van der Waals surface area contributed by atoms with Crippen molar-refractivity contribution in [1.82, 2.24) is 35.5 Å². The summed E-state index contributed by atoms with van der Waals surface area (Å²) in [5.74, 6) is -0.839. The number of ether oxygens (including phenoxy) is 2. The molecule has 0 spiro atoms. The number of esters is 1. The minimum absolute atomic E-state index is 0.0747. The third-order valence-corrected chi connectivity index (χ3v) is 7.40. The maximum Gasteiger partial charge on any atom is 0.310 e. The van der Waals surface area contributed by atoms with Crippen molar-refractivity contribution in [1.29, 1.82) is 0 Å². The fourth-order valence-electron chi connectivity index (χ4n) is 4.91. The summed E-state index contributed by atoms with van der Waals surface area (Å²) in [6, 6.07) is 8.33. The van der Waals surface area contributed by atoms with E-state index < -0.39 is 17.8 Å². The lowest BCUT2D eigenvalue weighted by atomic mass is 10.0. The average Bonchev–Trinajstić information content (AvgIpc) is 3.72. The molecule has 230 valence electrons. The molecule has 1 aliphatic heterocycles. The fraction of sp³-hybridized carbons (Fsp3) is 0.333. The highest BCUT2D eigenvalue weighted by atomic mass is 35.5. The molecule has 44 heavy (non-hydrogen) atoms. The van der Waals surface area contributed by atoms with E-state index in [1.807, 2.05) is 18.2 Å². The molecule has 5 rings (SSSR count). The molecular formula is C30H32ClFN8O4. The van der Waals surface area contributed by atoms with Crippen LogP contribution < -0.4 is 10.6 Å². The van der Waals surface area contributed by atoms with Gasteiger partial charge in [0, 0.05) is 36.5 Å². The number of carbonyl (C=O) groups excluding carboxylic acids is 2. The van der Waals surface area contributed by atoms with Crippen LogP contribution in [0, 0.1) is 5.82 Å². The lowest BCUT2D eigenvalue weighted by molar-refractivity contribution is -0.144. The third-order valence-electron chi connectivity index (χ3n) is 7.11. The van der Waals surface area contributed by atoms with E-state index in [9.17, 15) is 14.0 Å². The van der Waals surface area contributed by atoms with Crippen LogP contribution in [0.15, 0.2) is 48.9 Å². The van der Waals surface area contributed by atoms with Crippen LogP contribution in [0.25, 0.3) is 23.0 Å². The van der Waals surface area contributed by atoms with Crippen LogP contribution in [0.3, 0.4) is 0 Å². The number of nitrogens with one attached hydrogen (secondary N) is 3. The number of nitrogens with zero attached hydrogens (tertiary/aromatic N) is 5. The Morgan fingerprint density at radius 3 is 2.91 bits per heavy atom. The Morgan fingerprint density at radius 1 is 1.20 bits per heavy atom. The predicted octanol–water partition coefficient (Wildman–Crippen LogP) is 4.43. The maximum absolute atomic E-state index is 14.9. The van der Waals surface area contributed by atoms with E-state index in [0.717, 1.165) is 48.3 Å². The Labute approximate surface area is 258 Å². The molecule has 0 fully saturated rings. The number of hydrogen-bond acceptors (Lipinski definition) is 9. The Balaban J connectivity index is 1.34. The van der Waals surface area contributed by atoms with Gasteiger partial charge in [-0.3, -0.25) is 9.59 Å². The van der Waals surface area contributed by atoms with Gasteiger partial charge in [0.25, 0.3) is 0 Å². The van der Waals surface area contributed by atoms with Crippen molar-refractivity contribution in [3.05, 3.63) is 76.7 Å². The van der Waals surface area contributed by atoms with Gasteiger partial charge in [-0.05, 0) is 53.1 Å². The summed E-state index contributed by atoms with van der Waals surface area (Å²) in [4.78, 5) is 33.3. The van der Waals surface area contributed by atoms with Gasteiger partial charge in [-0.2, -0.15) is 4.68 Å². The monoisotopic (exact) mass is 622 g/mol. The minimum Gasteiger partial charge on any atom is -0.463 e. The first kappa shape index (κ1) is 30.8. The first-order chi connectivity index (χ1) is 21.4. The molecule has 12 nitrogen and oxygen atoms in total. The molecule has 0 saturated heterocycles. The Bertz CT molecular complexity index is 1630. The van der Waals surface area contributed by atoms with E-state index in [1.165, 1.54) is 29.2 Å². The first-order valence-electron chi connectivity index (χ1n) is 14.2. The molecule has 0 saturated carbocycles. The van der Waals surface area contributed by atoms with E-state index >= 15 is 0 Å². The quantitative estimate of drug-likeness (QED) is 0.140. The number of carbonyl (C=O) groups is 2. The predicted molar refractivity (Wildman–Crippen MR) is 162 cm³/mol. The van der Waals surface area contributed by atoms with Crippen molar-refractivity contribution in [3.8, 4) is 16.9 Å². The Kier molecular flexibility index (Phi) is 10.3. The molecule has 0 radical (unpaired) electrons. The summed E-state index contributed by atoms with van der Waals surface area (Å²) in [7, 11) is 1.55. The molecule has 0 aliphatic carbocycles. The fourth-order valence-corrected chi connectivity index (χ4v) is 5.07. The molecule has 3 N–H and O–H groups in total. The van der Waals surface area contributed by atoms with Crippen LogP contribution in [-0.4, -0.2) is 68.9 Å². The molecule has 2 aromatic heterocycles. The number of imidazole rings is 1. The van der Waals surface area contributed by atoms with Crippen LogP contribution in [0.4, 0.5) is 10.1 Å². The number of rotatable bonds is 9. The van der Waals surface area contributed by atoms with Crippen LogP contribution in [0.5, 0.6) is 0 Å². The number of anilines is 1. The van der Waals surface area contributed by atoms with Crippen molar-refractivity contribution in [2.75, 3.05) is 32.2 Å². The van der Waals surface area contributed by atoms with Gasteiger partial charge in [-0.25, -0.2) is 9.37 Å². The summed E-state index contributed by atoms with van der Waals surface area (Å²) < 4.78 is 26.4. The van der Waals surface area contributed by atoms with E-state index in [2.05, 4.69) is 36.1 Å². The molecule has 14 heteroatoms. The highest BCUT2D eigenvalue weighted by Crippen LogP contribution is 2.31. The largest absolute Gasteiger partial charge is 0.463 e. The van der Waals surface area contributed by atoms with Gasteiger partial charge in [-0.1, -0.05) is 36.6 Å². The molecule has 4 aromatic rings. The number of H-pyrrole nitrogens is 1. The van der Waals surface area contributed by atoms with E-state index in [1.54, 1.807) is 19.4 Å². The summed E-state index contributed by atoms with van der Waals surface area (Å²) >= 11 is 6.01. The number of benzene rings is 2. The lowest BCUT2D eigenvalue weighted by Crippen LogP contribution is -2.28. The van der Waals surface area contributed by atoms with Crippen LogP contribution in [0.2, 0.25) is 5.02 Å². The van der Waals surface area contributed by atoms with Gasteiger partial charge in [-0.15, -0.1) is 5.10 Å². The molecular weight excluding hydrogens is 591 g/mol. The summed E-state index contributed by atoms with van der Waals surface area (Å²) in [5.41, 5.74) is 3.75. The second kappa shape index (κ2) is 14.7. The van der Waals surface area contributed by atoms with E-state index in [0.29, 0.717) is 24.5 Å². The molecule has 1 amide bonds. The first-order valence-corrected chi connectivity index (χ1v) is 14.6. The number of tetrazole rings is 1. The molecule has 1 aliphatic rings. The molecule has 2 aromatic carbocycles. The standard InChI is InChI=1S/C30H32ClFN8O4/c1-43-13-14-44-28(42)16-19-6-7-20-24(15-19)33-12-4-2-3-5-23(30-34-17-25(20)37-30)36-27(41)11-8-21-26(40-18-35-38-39-40)10-9-22(31)29(21)32/h6-11,15,17-18,23,33H,2-5,12-14,16H2,1H3,(H,34,37)(H,36,41)/b11-8+/t23-/m0/s1. The molecule has 2 bridgehead atoms. The zero-order chi connectivity index (χ0) is 30.9. The molecule has 1 atom stereocenters. The van der Waals surface area contributed by atoms with E-state index in [4.69, 9.17) is 21.1 Å². The Hall–Kier alpha value is -4.62. The van der Waals surface area contributed by atoms with Gasteiger partial charge < -0.3 is 25.1 Å². The van der Waals surface area contributed by atoms with Gasteiger partial charge in [0.15, 0.2) is 5.82 Å². The zero-order valence-corrected chi connectivity index (χ0v) is 24.8. The van der Waals surface area contributed by atoms with Gasteiger partial charge in [0.2, 0.25) is 5.91 Å². The molecule has 0 unspecified atom stereocenters. The minimum atomic E-state index is -0.691. The molecule has 3 heterocycles. The normalized spacial score (nSPS) is 15.1. The van der Waals surface area contributed by atoms with Crippen LogP contribution in [-0.2, 0) is 25.5 Å². The summed E-state index contributed by atoms with van der Waals surface area (Å²) in [6.45, 7) is 1.30. The number of amides is 1. The second-order valence-corrected chi connectivity index (χ2v) is 10.6. The van der Waals surface area contributed by atoms with Crippen molar-refractivity contribution in [3.63, 3.8) is 0 Å². The van der Waals surface area contributed by atoms with E-state index in [-0.39, 0.29) is 29.6 Å². The van der Waals surface area contributed by atoms with Crippen molar-refractivity contribution < 1.29 is 23.5 Å². The number of fused-ring (bicyclic) bond motifs is 4. The van der Waals surface area contributed by atoms with Gasteiger partial charge in [0.1, 0.15) is 18.8 Å². The second-order valence-electron chi connectivity index (χ2n) is 10.2. The number of halogens is 2. The van der Waals surface area contributed by atoms with Crippen LogP contribution in [0.1, 0.15) is 48.7 Å². The summed E-state index contributed by atoms with van der Waals surface area (Å²) in [6.07, 6.45) is 9.14. The SMILES string of the molecule is COCCOC(=O)Cc1ccc2c(c1)NCCCCC[C@H](NC(=O)/C=C/c1c(-n3cnnn3)ccc(Cl)c1F)c1ncc-2[nH]1. The van der Waals surface area contributed by atoms with Crippen molar-refractivity contribution in [2.45, 2.75) is 38.1 Å². The summed E-state index contributed by atoms with van der Waals surface area (Å²) in [5, 5.41) is 17.4. The zero-order valence-electron chi connectivity index (χ0n) is 24.1. The van der Waals surface area contributed by atoms with Gasteiger partial charge in [0.05, 0.1) is 41.7 Å². The van der Waals surface area contributed by atoms with Crippen LogP contribution >= 0.6 is 11.6 Å². The topological polar surface area (TPSA) is 149 Å². The lowest BCUT2D eigenvalue weighted by Gasteiger charge is -2.18. The maximum atomic E-state index is 14.9. The van der Waals surface area contributed by atoms with Crippen molar-refractivity contribution >= 4 is 35.2 Å². The highest BCUT2D eigenvalue weighted by Gasteiger charge is 2.20. The Morgan fingerprint density at radius 2 is 2.09 bits per heavy atom.